The van der Waals surface area contributed by atoms with Crippen LogP contribution >= 0.6 is 0 Å². The molecule has 4 heteroatoms. The molecule has 0 spiro atoms. The molecule has 0 aliphatic rings. The first kappa shape index (κ1) is 15.4. The Morgan fingerprint density at radius 2 is 2.00 bits per heavy atom. The van der Waals surface area contributed by atoms with Crippen LogP contribution in [0.2, 0.25) is 0 Å². The lowest BCUT2D eigenvalue weighted by atomic mass is 10.2. The van der Waals surface area contributed by atoms with Crippen molar-refractivity contribution in [2.45, 2.75) is 40.0 Å². The summed E-state index contributed by atoms with van der Waals surface area (Å²) in [7, 11) is 1.64. The maximum absolute atomic E-state index is 5.77. The first-order chi connectivity index (χ1) is 10.1. The van der Waals surface area contributed by atoms with Gasteiger partial charge in [0.25, 0.3) is 0 Å². The highest BCUT2D eigenvalue weighted by molar-refractivity contribution is 5.42. The summed E-state index contributed by atoms with van der Waals surface area (Å²) < 4.78 is 16.6. The Morgan fingerprint density at radius 1 is 1.19 bits per heavy atom. The van der Waals surface area contributed by atoms with E-state index in [1.54, 1.807) is 13.4 Å². The average Bonchev–Trinajstić information content (AvgIpc) is 2.91. The number of hydrogen-bond donors (Lipinski definition) is 1. The van der Waals surface area contributed by atoms with E-state index < -0.39 is 0 Å². The van der Waals surface area contributed by atoms with E-state index in [1.807, 2.05) is 31.2 Å². The molecule has 0 aliphatic carbocycles. The van der Waals surface area contributed by atoms with Gasteiger partial charge in [-0.05, 0) is 30.7 Å². The van der Waals surface area contributed by atoms with Crippen LogP contribution in [0.3, 0.4) is 0 Å². The second kappa shape index (κ2) is 7.18. The topological polar surface area (TPSA) is 43.6 Å². The highest BCUT2D eigenvalue weighted by Gasteiger charge is 2.07. The van der Waals surface area contributed by atoms with Crippen molar-refractivity contribution in [1.82, 2.24) is 5.32 Å². The van der Waals surface area contributed by atoms with Crippen molar-refractivity contribution in [3.05, 3.63) is 47.4 Å². The van der Waals surface area contributed by atoms with Crippen LogP contribution in [0.25, 0.3) is 0 Å². The van der Waals surface area contributed by atoms with Gasteiger partial charge >= 0.3 is 0 Å². The summed E-state index contributed by atoms with van der Waals surface area (Å²) in [5, 5.41) is 3.35. The summed E-state index contributed by atoms with van der Waals surface area (Å²) in [5.74, 6) is 2.27. The van der Waals surface area contributed by atoms with E-state index in [9.17, 15) is 0 Å². The maximum atomic E-state index is 5.77. The monoisotopic (exact) mass is 289 g/mol. The lowest BCUT2D eigenvalue weighted by Gasteiger charge is -2.10. The summed E-state index contributed by atoms with van der Waals surface area (Å²) in [6, 6.07) is 8.33. The second-order valence-corrected chi connectivity index (χ2v) is 5.40. The minimum absolute atomic E-state index is 0.390. The SMILES string of the molecule is COc1cc(C)ccc1OCc1cc(CNC(C)C)co1. The molecule has 0 amide bonds. The van der Waals surface area contributed by atoms with E-state index in [4.69, 9.17) is 13.9 Å². The van der Waals surface area contributed by atoms with Gasteiger partial charge < -0.3 is 19.2 Å². The van der Waals surface area contributed by atoms with Crippen LogP contribution in [0.15, 0.2) is 34.9 Å². The van der Waals surface area contributed by atoms with Gasteiger partial charge in [0.2, 0.25) is 0 Å². The lowest BCUT2D eigenvalue weighted by Crippen LogP contribution is -2.21. The Labute approximate surface area is 126 Å². The number of benzene rings is 1. The van der Waals surface area contributed by atoms with Gasteiger partial charge in [-0.3, -0.25) is 0 Å². The molecule has 21 heavy (non-hydrogen) atoms. The molecule has 0 saturated carbocycles. The van der Waals surface area contributed by atoms with Crippen molar-refractivity contribution >= 4 is 0 Å². The van der Waals surface area contributed by atoms with E-state index in [0.717, 1.165) is 34.9 Å². The molecule has 0 bridgehead atoms. The fourth-order valence-corrected chi connectivity index (χ4v) is 1.96. The van der Waals surface area contributed by atoms with Gasteiger partial charge in [0.15, 0.2) is 11.5 Å². The van der Waals surface area contributed by atoms with Crippen molar-refractivity contribution in [3.8, 4) is 11.5 Å². The van der Waals surface area contributed by atoms with E-state index in [-0.39, 0.29) is 0 Å². The lowest BCUT2D eigenvalue weighted by molar-refractivity contribution is 0.256. The van der Waals surface area contributed by atoms with Crippen molar-refractivity contribution in [2.75, 3.05) is 7.11 Å². The Morgan fingerprint density at radius 3 is 2.71 bits per heavy atom. The molecule has 4 nitrogen and oxygen atoms in total. The van der Waals surface area contributed by atoms with Crippen LogP contribution in [0.5, 0.6) is 11.5 Å². The van der Waals surface area contributed by atoms with E-state index >= 15 is 0 Å². The molecule has 114 valence electrons. The molecular weight excluding hydrogens is 266 g/mol. The third kappa shape index (κ3) is 4.53. The average molecular weight is 289 g/mol. The molecular formula is C17H23NO3. The van der Waals surface area contributed by atoms with Crippen molar-refractivity contribution < 1.29 is 13.9 Å². The zero-order valence-electron chi connectivity index (χ0n) is 13.1. The molecule has 2 rings (SSSR count). The molecule has 0 aliphatic heterocycles. The predicted octanol–water partition coefficient (Wildman–Crippen LogP) is 3.67. The van der Waals surface area contributed by atoms with Gasteiger partial charge in [-0.25, -0.2) is 0 Å². The van der Waals surface area contributed by atoms with Gasteiger partial charge in [-0.1, -0.05) is 19.9 Å². The summed E-state index contributed by atoms with van der Waals surface area (Å²) in [5.41, 5.74) is 2.26. The van der Waals surface area contributed by atoms with E-state index in [0.29, 0.717) is 12.6 Å². The molecule has 1 aromatic heterocycles. The van der Waals surface area contributed by atoms with Crippen LogP contribution in [-0.4, -0.2) is 13.2 Å². The normalized spacial score (nSPS) is 10.9. The number of aryl methyl sites for hydroxylation is 1. The van der Waals surface area contributed by atoms with E-state index in [1.165, 1.54) is 0 Å². The molecule has 1 heterocycles. The maximum Gasteiger partial charge on any atom is 0.161 e. The second-order valence-electron chi connectivity index (χ2n) is 5.40. The predicted molar refractivity (Wildman–Crippen MR) is 82.7 cm³/mol. The summed E-state index contributed by atoms with van der Waals surface area (Å²) in [6.07, 6.45) is 1.76. The van der Waals surface area contributed by atoms with Gasteiger partial charge in [0, 0.05) is 18.2 Å². The molecule has 1 N–H and O–H groups in total. The summed E-state index contributed by atoms with van der Waals surface area (Å²) in [6.45, 7) is 7.45. The first-order valence-electron chi connectivity index (χ1n) is 7.15. The number of methoxy groups -OCH3 is 1. The Bertz CT molecular complexity index is 575. The van der Waals surface area contributed by atoms with Gasteiger partial charge in [-0.2, -0.15) is 0 Å². The van der Waals surface area contributed by atoms with Crippen LogP contribution < -0.4 is 14.8 Å². The van der Waals surface area contributed by atoms with Crippen molar-refractivity contribution in [1.29, 1.82) is 0 Å². The van der Waals surface area contributed by atoms with Crippen molar-refractivity contribution in [2.24, 2.45) is 0 Å². The van der Waals surface area contributed by atoms with Gasteiger partial charge in [-0.15, -0.1) is 0 Å². The van der Waals surface area contributed by atoms with E-state index in [2.05, 4.69) is 19.2 Å². The number of ether oxygens (including phenoxy) is 2. The van der Waals surface area contributed by atoms with Gasteiger partial charge in [0.1, 0.15) is 12.4 Å². The third-order valence-corrected chi connectivity index (χ3v) is 3.11. The Balaban J connectivity index is 1.94. The molecule has 0 radical (unpaired) electrons. The highest BCUT2D eigenvalue weighted by atomic mass is 16.5. The fraction of sp³-hybridized carbons (Fsp3) is 0.412. The van der Waals surface area contributed by atoms with Crippen molar-refractivity contribution in [3.63, 3.8) is 0 Å². The van der Waals surface area contributed by atoms with Crippen LogP contribution in [0.1, 0.15) is 30.7 Å². The highest BCUT2D eigenvalue weighted by Crippen LogP contribution is 2.28. The number of furan rings is 1. The fourth-order valence-electron chi connectivity index (χ4n) is 1.96. The van der Waals surface area contributed by atoms with Crippen LogP contribution in [0, 0.1) is 6.92 Å². The summed E-state index contributed by atoms with van der Waals surface area (Å²) in [4.78, 5) is 0. The zero-order valence-corrected chi connectivity index (χ0v) is 13.1. The number of hydrogen-bond acceptors (Lipinski definition) is 4. The standard InChI is InChI=1S/C17H23NO3/c1-12(2)18-9-14-8-15(20-10-14)11-21-16-6-5-13(3)7-17(16)19-4/h5-8,10,12,18H,9,11H2,1-4H3. The molecule has 1 aromatic carbocycles. The molecule has 2 aromatic rings. The molecule has 0 atom stereocenters. The largest absolute Gasteiger partial charge is 0.493 e. The third-order valence-electron chi connectivity index (χ3n) is 3.11. The minimum atomic E-state index is 0.390. The Kier molecular flexibility index (Phi) is 5.28. The summed E-state index contributed by atoms with van der Waals surface area (Å²) >= 11 is 0. The smallest absolute Gasteiger partial charge is 0.161 e. The minimum Gasteiger partial charge on any atom is -0.493 e. The molecule has 0 unspecified atom stereocenters. The van der Waals surface area contributed by atoms with Crippen LogP contribution in [0.4, 0.5) is 0 Å². The molecule has 0 fully saturated rings. The van der Waals surface area contributed by atoms with Gasteiger partial charge in [0.05, 0.1) is 13.4 Å². The zero-order chi connectivity index (χ0) is 15.2. The number of rotatable bonds is 7. The Hall–Kier alpha value is -1.94. The van der Waals surface area contributed by atoms with Crippen LogP contribution in [-0.2, 0) is 13.2 Å². The molecule has 0 saturated heterocycles. The quantitative estimate of drug-likeness (QED) is 0.844. The first-order valence-corrected chi connectivity index (χ1v) is 7.15. The number of nitrogens with one attached hydrogen (secondary N) is 1.